The molecule has 4 heteroatoms. The van der Waals surface area contributed by atoms with Crippen molar-refractivity contribution in [3.05, 3.63) is 47.5 Å². The molecule has 1 amide bonds. The summed E-state index contributed by atoms with van der Waals surface area (Å²) >= 11 is 0. The number of ether oxygens (including phenoxy) is 1. The van der Waals surface area contributed by atoms with Crippen LogP contribution >= 0.6 is 0 Å². The largest absolute Gasteiger partial charge is 0.488 e. The maximum absolute atomic E-state index is 12.1. The summed E-state index contributed by atoms with van der Waals surface area (Å²) in [6, 6.07) is 12.1. The minimum absolute atomic E-state index is 0.0842. The van der Waals surface area contributed by atoms with E-state index in [1.54, 1.807) is 0 Å². The van der Waals surface area contributed by atoms with Crippen molar-refractivity contribution in [1.82, 2.24) is 10.9 Å². The summed E-state index contributed by atoms with van der Waals surface area (Å²) < 4.78 is 6.09. The first-order valence-corrected chi connectivity index (χ1v) is 8.18. The second-order valence-electron chi connectivity index (χ2n) is 7.68. The summed E-state index contributed by atoms with van der Waals surface area (Å²) in [6.45, 7) is 10.1. The zero-order valence-electron chi connectivity index (χ0n) is 14.9. The van der Waals surface area contributed by atoms with Gasteiger partial charge in [0, 0.05) is 11.0 Å². The quantitative estimate of drug-likeness (QED) is 0.826. The molecule has 0 aromatic heterocycles. The molecule has 0 atom stereocenters. The van der Waals surface area contributed by atoms with E-state index in [2.05, 4.69) is 23.0 Å². The van der Waals surface area contributed by atoms with Crippen molar-refractivity contribution in [3.8, 4) is 5.75 Å². The highest BCUT2D eigenvalue weighted by Gasteiger charge is 2.35. The summed E-state index contributed by atoms with van der Waals surface area (Å²) in [7, 11) is 0. The Morgan fingerprint density at radius 1 is 1.04 bits per heavy atom. The predicted molar refractivity (Wildman–Crippen MR) is 97.7 cm³/mol. The van der Waals surface area contributed by atoms with Gasteiger partial charge in [0.25, 0.3) is 5.91 Å². The lowest BCUT2D eigenvalue weighted by atomic mass is 9.92. The van der Waals surface area contributed by atoms with Crippen molar-refractivity contribution >= 4 is 22.8 Å². The fraction of sp³-hybridized carbons (Fsp3) is 0.350. The SMILES string of the molecule is CC(C)(C)Oc1ccc(/C=C2\C(=O)NNC2(C)C)c2ccccc12. The van der Waals surface area contributed by atoms with E-state index in [1.165, 1.54) is 0 Å². The molecular weight excluding hydrogens is 300 g/mol. The Bertz CT molecular complexity index is 829. The van der Waals surface area contributed by atoms with E-state index in [0.29, 0.717) is 0 Å². The van der Waals surface area contributed by atoms with Gasteiger partial charge in [0.05, 0.1) is 5.54 Å². The molecule has 0 aliphatic carbocycles. The van der Waals surface area contributed by atoms with Crippen LogP contribution < -0.4 is 15.6 Å². The molecule has 4 nitrogen and oxygen atoms in total. The van der Waals surface area contributed by atoms with Gasteiger partial charge >= 0.3 is 0 Å². The fourth-order valence-corrected chi connectivity index (χ4v) is 2.87. The molecule has 0 bridgehead atoms. The molecule has 2 aromatic carbocycles. The van der Waals surface area contributed by atoms with Crippen LogP contribution in [0.4, 0.5) is 0 Å². The maximum atomic E-state index is 12.1. The minimum Gasteiger partial charge on any atom is -0.488 e. The summed E-state index contributed by atoms with van der Waals surface area (Å²) in [6.07, 6.45) is 1.96. The monoisotopic (exact) mass is 324 g/mol. The fourth-order valence-electron chi connectivity index (χ4n) is 2.87. The summed E-state index contributed by atoms with van der Waals surface area (Å²) in [4.78, 5) is 12.1. The van der Waals surface area contributed by atoms with Crippen LogP contribution in [0.2, 0.25) is 0 Å². The number of hydrogen-bond acceptors (Lipinski definition) is 3. The van der Waals surface area contributed by atoms with Crippen molar-refractivity contribution < 1.29 is 9.53 Å². The van der Waals surface area contributed by atoms with Crippen molar-refractivity contribution in [2.45, 2.75) is 45.8 Å². The third kappa shape index (κ3) is 3.15. The van der Waals surface area contributed by atoms with Gasteiger partial charge in [0.2, 0.25) is 0 Å². The Morgan fingerprint density at radius 3 is 2.29 bits per heavy atom. The number of carbonyl (C=O) groups excluding carboxylic acids is 1. The molecule has 0 saturated carbocycles. The standard InChI is InChI=1S/C20H24N2O2/c1-19(2,3)24-17-11-10-13(14-8-6-7-9-15(14)17)12-16-18(23)21-22-20(16,4)5/h6-12,22H,1-5H3,(H,21,23)/b16-12+. The van der Waals surface area contributed by atoms with Crippen LogP contribution in [0.1, 0.15) is 40.2 Å². The zero-order valence-corrected chi connectivity index (χ0v) is 14.9. The Labute approximate surface area is 142 Å². The normalized spacial score (nSPS) is 18.9. The van der Waals surface area contributed by atoms with Crippen molar-refractivity contribution in [1.29, 1.82) is 0 Å². The van der Waals surface area contributed by atoms with E-state index < -0.39 is 5.54 Å². The lowest BCUT2D eigenvalue weighted by Crippen LogP contribution is -2.38. The molecule has 1 aliphatic heterocycles. The lowest BCUT2D eigenvalue weighted by Gasteiger charge is -2.23. The highest BCUT2D eigenvalue weighted by molar-refractivity contribution is 6.04. The average molecular weight is 324 g/mol. The highest BCUT2D eigenvalue weighted by Crippen LogP contribution is 2.33. The first-order valence-electron chi connectivity index (χ1n) is 8.18. The van der Waals surface area contributed by atoms with Crippen molar-refractivity contribution in [2.75, 3.05) is 0 Å². The molecule has 2 N–H and O–H groups in total. The molecule has 1 saturated heterocycles. The summed E-state index contributed by atoms with van der Waals surface area (Å²) in [5.41, 5.74) is 6.76. The minimum atomic E-state index is -0.404. The smallest absolute Gasteiger partial charge is 0.263 e. The van der Waals surface area contributed by atoms with Gasteiger partial charge in [0.15, 0.2) is 0 Å². The Kier molecular flexibility index (Phi) is 3.88. The lowest BCUT2D eigenvalue weighted by molar-refractivity contribution is -0.116. The van der Waals surface area contributed by atoms with Gasteiger partial charge in [0.1, 0.15) is 11.4 Å². The molecule has 0 radical (unpaired) electrons. The van der Waals surface area contributed by atoms with E-state index in [0.717, 1.165) is 27.7 Å². The molecule has 1 aliphatic rings. The first-order chi connectivity index (χ1) is 11.2. The predicted octanol–water partition coefficient (Wildman–Crippen LogP) is 3.81. The number of amides is 1. The van der Waals surface area contributed by atoms with Gasteiger partial charge < -0.3 is 4.74 Å². The number of benzene rings is 2. The van der Waals surface area contributed by atoms with Gasteiger partial charge in [-0.3, -0.25) is 10.2 Å². The van der Waals surface area contributed by atoms with Gasteiger partial charge in [-0.25, -0.2) is 5.43 Å². The van der Waals surface area contributed by atoms with Crippen LogP contribution in [0.25, 0.3) is 16.8 Å². The van der Waals surface area contributed by atoms with Crippen LogP contribution in [0, 0.1) is 0 Å². The molecule has 3 rings (SSSR count). The molecular formula is C20H24N2O2. The molecule has 1 heterocycles. The van der Waals surface area contributed by atoms with Crippen LogP contribution in [0.5, 0.6) is 5.75 Å². The molecule has 126 valence electrons. The summed E-state index contributed by atoms with van der Waals surface area (Å²) in [5.74, 6) is 0.771. The van der Waals surface area contributed by atoms with Gasteiger partial charge in [-0.2, -0.15) is 0 Å². The van der Waals surface area contributed by atoms with Gasteiger partial charge in [-0.1, -0.05) is 30.3 Å². The number of hydrazine groups is 1. The first kappa shape index (κ1) is 16.5. The second-order valence-corrected chi connectivity index (χ2v) is 7.68. The molecule has 0 unspecified atom stereocenters. The van der Waals surface area contributed by atoms with Crippen LogP contribution in [0.3, 0.4) is 0 Å². The van der Waals surface area contributed by atoms with Gasteiger partial charge in [-0.15, -0.1) is 0 Å². The van der Waals surface area contributed by atoms with E-state index >= 15 is 0 Å². The van der Waals surface area contributed by atoms with Gasteiger partial charge in [-0.05, 0) is 57.7 Å². The number of fused-ring (bicyclic) bond motifs is 1. The number of nitrogens with one attached hydrogen (secondary N) is 2. The van der Waals surface area contributed by atoms with Crippen molar-refractivity contribution in [3.63, 3.8) is 0 Å². The Morgan fingerprint density at radius 2 is 1.71 bits per heavy atom. The Balaban J connectivity index is 2.14. The van der Waals surface area contributed by atoms with E-state index in [1.807, 2.05) is 65.0 Å². The zero-order chi connectivity index (χ0) is 17.5. The third-order valence-electron chi connectivity index (χ3n) is 4.04. The van der Waals surface area contributed by atoms with E-state index in [-0.39, 0.29) is 11.5 Å². The van der Waals surface area contributed by atoms with Crippen LogP contribution in [-0.4, -0.2) is 17.0 Å². The Hall–Kier alpha value is -2.33. The van der Waals surface area contributed by atoms with E-state index in [9.17, 15) is 4.79 Å². The summed E-state index contributed by atoms with van der Waals surface area (Å²) in [5, 5.41) is 2.12. The molecule has 2 aromatic rings. The average Bonchev–Trinajstić information content (AvgIpc) is 2.75. The van der Waals surface area contributed by atoms with Crippen LogP contribution in [0.15, 0.2) is 42.0 Å². The number of hydrogen-bond donors (Lipinski definition) is 2. The van der Waals surface area contributed by atoms with Crippen LogP contribution in [-0.2, 0) is 4.79 Å². The third-order valence-corrected chi connectivity index (χ3v) is 4.04. The highest BCUT2D eigenvalue weighted by atomic mass is 16.5. The molecule has 24 heavy (non-hydrogen) atoms. The van der Waals surface area contributed by atoms with Crippen molar-refractivity contribution in [2.24, 2.45) is 0 Å². The topological polar surface area (TPSA) is 50.4 Å². The second kappa shape index (κ2) is 5.64. The molecule has 1 fully saturated rings. The number of rotatable bonds is 2. The number of carbonyl (C=O) groups is 1. The van der Waals surface area contributed by atoms with E-state index in [4.69, 9.17) is 4.74 Å². The molecule has 0 spiro atoms. The maximum Gasteiger partial charge on any atom is 0.263 e.